The quantitative estimate of drug-likeness (QED) is 0.194. The molecule has 0 aromatic heterocycles. The number of ether oxygens (including phenoxy) is 2. The number of hydrogen-bond acceptors (Lipinski definition) is 6. The van der Waals surface area contributed by atoms with Crippen molar-refractivity contribution in [3.8, 4) is 0 Å². The Kier molecular flexibility index (Phi) is 11.4. The van der Waals surface area contributed by atoms with E-state index in [2.05, 4.69) is 29.5 Å². The van der Waals surface area contributed by atoms with Crippen molar-refractivity contribution < 1.29 is 19.1 Å². The third kappa shape index (κ3) is 9.50. The van der Waals surface area contributed by atoms with Gasteiger partial charge in [0.1, 0.15) is 0 Å². The third-order valence-corrected chi connectivity index (χ3v) is 7.54. The summed E-state index contributed by atoms with van der Waals surface area (Å²) in [5, 5.41) is 9.51. The number of amides is 1. The van der Waals surface area contributed by atoms with Gasteiger partial charge in [-0.2, -0.15) is 5.10 Å². The number of benzene rings is 2. The van der Waals surface area contributed by atoms with Crippen molar-refractivity contribution in [2.24, 2.45) is 11.0 Å². The molecule has 1 fully saturated rings. The van der Waals surface area contributed by atoms with Gasteiger partial charge in [0.05, 0.1) is 39.1 Å². The molecule has 1 unspecified atom stereocenters. The maximum Gasteiger partial charge on any atom is 0.306 e. The minimum absolute atomic E-state index is 0.0834. The molecule has 1 heterocycles. The van der Waals surface area contributed by atoms with Crippen LogP contribution < -0.4 is 5.32 Å². The number of aryl methyl sites for hydroxylation is 1. The summed E-state index contributed by atoms with van der Waals surface area (Å²) < 4.78 is 10.9. The Morgan fingerprint density at radius 1 is 1.03 bits per heavy atom. The summed E-state index contributed by atoms with van der Waals surface area (Å²) in [6.45, 7) is 5.74. The molecule has 2 aromatic carbocycles. The van der Waals surface area contributed by atoms with Crippen LogP contribution in [0.5, 0.6) is 0 Å². The highest BCUT2D eigenvalue weighted by molar-refractivity contribution is 6.04. The van der Waals surface area contributed by atoms with Gasteiger partial charge in [-0.05, 0) is 72.6 Å². The summed E-state index contributed by atoms with van der Waals surface area (Å²) in [5.41, 5.74) is 4.84. The second kappa shape index (κ2) is 15.4. The second-order valence-electron chi connectivity index (χ2n) is 10.7. The Labute approximate surface area is 233 Å². The van der Waals surface area contributed by atoms with Gasteiger partial charge in [-0.15, -0.1) is 0 Å². The van der Waals surface area contributed by atoms with E-state index in [1.807, 2.05) is 41.6 Å². The molecule has 2 aromatic rings. The zero-order valence-corrected chi connectivity index (χ0v) is 23.3. The molecule has 1 amide bonds. The highest BCUT2D eigenvalue weighted by Gasteiger charge is 2.22. The Morgan fingerprint density at radius 3 is 2.59 bits per heavy atom. The number of nitrogens with one attached hydrogen (secondary N) is 1. The number of carbonyl (C=O) groups excluding carboxylic acids is 2. The average molecular weight is 534 g/mol. The molecule has 7 heteroatoms. The van der Waals surface area contributed by atoms with Crippen LogP contribution in [-0.4, -0.2) is 56.0 Å². The molecule has 0 bridgehead atoms. The first kappa shape index (κ1) is 28.8. The standard InChI is InChI=1S/C32H43N3O4/c1-2-3-4-5-6-7-18-39-31(36)22-26-10-11-27-14-15-30(23-29(27)21-26)34-32(37)28-12-8-25(9-13-28)24-33-35-16-19-38-20-17-35/h8-9,12-15,23-24,26H,2-7,10-11,16-22H2,1H3,(H,34,37). The van der Waals surface area contributed by atoms with Gasteiger partial charge < -0.3 is 14.8 Å². The Morgan fingerprint density at radius 2 is 1.79 bits per heavy atom. The van der Waals surface area contributed by atoms with Crippen LogP contribution >= 0.6 is 0 Å². The van der Waals surface area contributed by atoms with Crippen molar-refractivity contribution in [1.29, 1.82) is 0 Å². The number of carbonyl (C=O) groups is 2. The van der Waals surface area contributed by atoms with E-state index in [1.165, 1.54) is 36.8 Å². The zero-order chi connectivity index (χ0) is 27.3. The van der Waals surface area contributed by atoms with Gasteiger partial charge in [0.25, 0.3) is 5.91 Å². The SMILES string of the molecule is CCCCCCCCOC(=O)CC1CCc2ccc(NC(=O)c3ccc(C=NN4CCOCC4)cc3)cc2C1. The molecule has 1 saturated heterocycles. The fourth-order valence-electron chi connectivity index (χ4n) is 5.19. The van der Waals surface area contributed by atoms with Crippen LogP contribution in [0, 0.1) is 5.92 Å². The maximum absolute atomic E-state index is 12.9. The number of rotatable bonds is 13. The lowest BCUT2D eigenvalue weighted by molar-refractivity contribution is -0.145. The summed E-state index contributed by atoms with van der Waals surface area (Å²) in [4.78, 5) is 25.3. The van der Waals surface area contributed by atoms with E-state index in [-0.39, 0.29) is 17.8 Å². The Hall–Kier alpha value is -3.19. The predicted octanol–water partition coefficient (Wildman–Crippen LogP) is 6.00. The van der Waals surface area contributed by atoms with Gasteiger partial charge >= 0.3 is 5.97 Å². The van der Waals surface area contributed by atoms with E-state index >= 15 is 0 Å². The molecular formula is C32H43N3O4. The number of morpholine rings is 1. The van der Waals surface area contributed by atoms with Crippen LogP contribution in [0.4, 0.5) is 5.69 Å². The lowest BCUT2D eigenvalue weighted by Crippen LogP contribution is -2.32. The van der Waals surface area contributed by atoms with Crippen molar-refractivity contribution in [1.82, 2.24) is 5.01 Å². The first-order chi connectivity index (χ1) is 19.1. The maximum atomic E-state index is 12.9. The summed E-state index contributed by atoms with van der Waals surface area (Å²) >= 11 is 0. The molecule has 1 atom stereocenters. The molecule has 7 nitrogen and oxygen atoms in total. The van der Waals surface area contributed by atoms with Gasteiger partial charge in [-0.3, -0.25) is 14.6 Å². The average Bonchev–Trinajstić information content (AvgIpc) is 2.96. The van der Waals surface area contributed by atoms with Gasteiger partial charge in [0.15, 0.2) is 0 Å². The molecule has 0 spiro atoms. The van der Waals surface area contributed by atoms with Gasteiger partial charge in [0, 0.05) is 17.7 Å². The normalized spacial score (nSPS) is 17.2. The van der Waals surface area contributed by atoms with Crippen molar-refractivity contribution in [3.63, 3.8) is 0 Å². The summed E-state index contributed by atoms with van der Waals surface area (Å²) in [6.07, 6.45) is 12.2. The smallest absolute Gasteiger partial charge is 0.306 e. The molecule has 2 aliphatic rings. The molecule has 4 rings (SSSR count). The van der Waals surface area contributed by atoms with Crippen LogP contribution in [0.25, 0.3) is 0 Å². The Balaban J connectivity index is 1.23. The minimum atomic E-state index is -0.141. The molecule has 210 valence electrons. The van der Waals surface area contributed by atoms with Crippen molar-refractivity contribution in [3.05, 3.63) is 64.7 Å². The highest BCUT2D eigenvalue weighted by Crippen LogP contribution is 2.30. The van der Waals surface area contributed by atoms with E-state index < -0.39 is 0 Å². The van der Waals surface area contributed by atoms with Crippen molar-refractivity contribution in [2.75, 3.05) is 38.2 Å². The molecule has 39 heavy (non-hydrogen) atoms. The van der Waals surface area contributed by atoms with Crippen LogP contribution in [0.1, 0.15) is 85.3 Å². The lowest BCUT2D eigenvalue weighted by Gasteiger charge is -2.24. The lowest BCUT2D eigenvalue weighted by atomic mass is 9.82. The van der Waals surface area contributed by atoms with Crippen LogP contribution in [0.15, 0.2) is 47.6 Å². The van der Waals surface area contributed by atoms with Crippen molar-refractivity contribution in [2.45, 2.75) is 71.1 Å². The number of unbranched alkanes of at least 4 members (excludes halogenated alkanes) is 5. The summed E-state index contributed by atoms with van der Waals surface area (Å²) in [6, 6.07) is 13.6. The number of hydrogen-bond donors (Lipinski definition) is 1. The fourth-order valence-corrected chi connectivity index (χ4v) is 5.19. The molecule has 1 aliphatic carbocycles. The number of hydrazone groups is 1. The molecule has 1 N–H and O–H groups in total. The van der Waals surface area contributed by atoms with Gasteiger partial charge in [-0.25, -0.2) is 0 Å². The number of anilines is 1. The molecule has 1 aliphatic heterocycles. The first-order valence-electron chi connectivity index (χ1n) is 14.7. The summed E-state index contributed by atoms with van der Waals surface area (Å²) in [5.74, 6) is 0.0596. The van der Waals surface area contributed by atoms with E-state index in [1.54, 1.807) is 0 Å². The van der Waals surface area contributed by atoms with Crippen LogP contribution in [-0.2, 0) is 27.1 Å². The summed E-state index contributed by atoms with van der Waals surface area (Å²) in [7, 11) is 0. The zero-order valence-electron chi connectivity index (χ0n) is 23.3. The second-order valence-corrected chi connectivity index (χ2v) is 10.7. The van der Waals surface area contributed by atoms with E-state index in [4.69, 9.17) is 9.47 Å². The van der Waals surface area contributed by atoms with Crippen LogP contribution in [0.3, 0.4) is 0 Å². The molecular weight excluding hydrogens is 490 g/mol. The molecule has 0 radical (unpaired) electrons. The highest BCUT2D eigenvalue weighted by atomic mass is 16.5. The topological polar surface area (TPSA) is 80.2 Å². The molecule has 0 saturated carbocycles. The Bertz CT molecular complexity index is 1090. The van der Waals surface area contributed by atoms with E-state index in [9.17, 15) is 9.59 Å². The monoisotopic (exact) mass is 533 g/mol. The van der Waals surface area contributed by atoms with E-state index in [0.717, 1.165) is 56.4 Å². The predicted molar refractivity (Wildman–Crippen MR) is 155 cm³/mol. The minimum Gasteiger partial charge on any atom is -0.466 e. The largest absolute Gasteiger partial charge is 0.466 e. The van der Waals surface area contributed by atoms with Gasteiger partial charge in [-0.1, -0.05) is 57.2 Å². The fraction of sp³-hybridized carbons (Fsp3) is 0.531. The third-order valence-electron chi connectivity index (χ3n) is 7.54. The van der Waals surface area contributed by atoms with E-state index in [0.29, 0.717) is 31.8 Å². The first-order valence-corrected chi connectivity index (χ1v) is 14.7. The van der Waals surface area contributed by atoms with Gasteiger partial charge in [0.2, 0.25) is 0 Å². The number of esters is 1. The van der Waals surface area contributed by atoms with Crippen LogP contribution in [0.2, 0.25) is 0 Å². The van der Waals surface area contributed by atoms with Crippen molar-refractivity contribution >= 4 is 23.8 Å². The number of fused-ring (bicyclic) bond motifs is 1. The number of nitrogens with zero attached hydrogens (tertiary/aromatic N) is 2.